The fourth-order valence-corrected chi connectivity index (χ4v) is 1.21. The van der Waals surface area contributed by atoms with Gasteiger partial charge in [-0.1, -0.05) is 30.3 Å². The summed E-state index contributed by atoms with van der Waals surface area (Å²) in [7, 11) is 0. The Balaban J connectivity index is 2.31. The highest BCUT2D eigenvalue weighted by molar-refractivity contribution is 6.02. The molecule has 1 heterocycles. The van der Waals surface area contributed by atoms with Gasteiger partial charge in [0.2, 0.25) is 0 Å². The number of carbonyl (C=O) groups excluding carboxylic acids is 1. The first kappa shape index (κ1) is 7.03. The minimum atomic E-state index is -0.203. The second kappa shape index (κ2) is 2.77. The van der Waals surface area contributed by atoms with Crippen LogP contribution in [0, 0.1) is 0 Å². The fraction of sp³-hybridized carbons (Fsp3) is 0.111. The van der Waals surface area contributed by atoms with Gasteiger partial charge in [-0.05, 0) is 5.56 Å². The van der Waals surface area contributed by atoms with Crippen molar-refractivity contribution in [2.45, 2.75) is 5.92 Å². The molecule has 0 aromatic heterocycles. The van der Waals surface area contributed by atoms with Crippen molar-refractivity contribution in [3.05, 3.63) is 35.9 Å². The van der Waals surface area contributed by atoms with Crippen molar-refractivity contribution in [3.63, 3.8) is 0 Å². The topological polar surface area (TPSA) is 41.5 Å². The highest BCUT2D eigenvalue weighted by atomic mass is 16.2. The smallest absolute Gasteiger partial charge is 0.253 e. The van der Waals surface area contributed by atoms with Crippen LogP contribution < -0.4 is 5.43 Å². The lowest BCUT2D eigenvalue weighted by molar-refractivity contribution is -0.120. The van der Waals surface area contributed by atoms with Gasteiger partial charge in [-0.15, -0.1) is 0 Å². The van der Waals surface area contributed by atoms with Crippen molar-refractivity contribution < 1.29 is 4.79 Å². The maximum Gasteiger partial charge on any atom is 0.253 e. The van der Waals surface area contributed by atoms with Crippen LogP contribution in [0.15, 0.2) is 35.4 Å². The van der Waals surface area contributed by atoms with Crippen LogP contribution in [0.25, 0.3) is 0 Å². The monoisotopic (exact) mass is 160 g/mol. The van der Waals surface area contributed by atoms with Crippen molar-refractivity contribution in [1.29, 1.82) is 0 Å². The van der Waals surface area contributed by atoms with Crippen LogP contribution in [0.2, 0.25) is 0 Å². The Morgan fingerprint density at radius 3 is 2.58 bits per heavy atom. The van der Waals surface area contributed by atoms with Gasteiger partial charge in [-0.2, -0.15) is 5.10 Å². The van der Waals surface area contributed by atoms with Gasteiger partial charge in [0.25, 0.3) is 5.91 Å². The van der Waals surface area contributed by atoms with Gasteiger partial charge in [0.05, 0.1) is 0 Å². The van der Waals surface area contributed by atoms with Crippen molar-refractivity contribution >= 4 is 12.1 Å². The molecule has 60 valence electrons. The minimum Gasteiger partial charge on any atom is -0.272 e. The van der Waals surface area contributed by atoms with E-state index >= 15 is 0 Å². The molecular weight excluding hydrogens is 152 g/mol. The Kier molecular flexibility index (Phi) is 1.63. The van der Waals surface area contributed by atoms with Gasteiger partial charge < -0.3 is 0 Å². The first-order valence-electron chi connectivity index (χ1n) is 3.76. The van der Waals surface area contributed by atoms with Crippen LogP contribution in [0.5, 0.6) is 0 Å². The van der Waals surface area contributed by atoms with Crippen LogP contribution in [-0.2, 0) is 4.79 Å². The SMILES string of the molecule is O=C1NN=CC1c1ccccc1. The zero-order chi connectivity index (χ0) is 8.39. The Hall–Kier alpha value is -1.64. The Morgan fingerprint density at radius 1 is 1.25 bits per heavy atom. The first-order valence-corrected chi connectivity index (χ1v) is 3.76. The predicted octanol–water partition coefficient (Wildman–Crippen LogP) is 0.886. The Bertz CT molecular complexity index is 319. The number of carbonyl (C=O) groups is 1. The van der Waals surface area contributed by atoms with E-state index in [0.29, 0.717) is 0 Å². The van der Waals surface area contributed by atoms with Crippen LogP contribution >= 0.6 is 0 Å². The van der Waals surface area contributed by atoms with Crippen molar-refractivity contribution in [2.75, 3.05) is 0 Å². The van der Waals surface area contributed by atoms with Crippen molar-refractivity contribution in [2.24, 2.45) is 5.10 Å². The number of hydrogen-bond acceptors (Lipinski definition) is 2. The summed E-state index contributed by atoms with van der Waals surface area (Å²) >= 11 is 0. The highest BCUT2D eigenvalue weighted by Crippen LogP contribution is 2.15. The summed E-state index contributed by atoms with van der Waals surface area (Å²) in [6.45, 7) is 0. The summed E-state index contributed by atoms with van der Waals surface area (Å²) in [5, 5.41) is 3.70. The largest absolute Gasteiger partial charge is 0.272 e. The van der Waals surface area contributed by atoms with Crippen LogP contribution in [-0.4, -0.2) is 12.1 Å². The van der Waals surface area contributed by atoms with E-state index in [-0.39, 0.29) is 11.8 Å². The van der Waals surface area contributed by atoms with Gasteiger partial charge in [0, 0.05) is 6.21 Å². The molecule has 0 spiro atoms. The van der Waals surface area contributed by atoms with Crippen molar-refractivity contribution in [1.82, 2.24) is 5.43 Å². The summed E-state index contributed by atoms with van der Waals surface area (Å²) in [6, 6.07) is 9.58. The maximum atomic E-state index is 11.1. The van der Waals surface area contributed by atoms with Gasteiger partial charge >= 0.3 is 0 Å². The molecule has 1 atom stereocenters. The lowest BCUT2D eigenvalue weighted by atomic mass is 10.0. The summed E-state index contributed by atoms with van der Waals surface area (Å²) in [5.41, 5.74) is 3.38. The van der Waals surface area contributed by atoms with E-state index in [1.807, 2.05) is 30.3 Å². The number of nitrogens with one attached hydrogen (secondary N) is 1. The zero-order valence-corrected chi connectivity index (χ0v) is 6.40. The molecule has 0 saturated carbocycles. The maximum absolute atomic E-state index is 11.1. The molecule has 1 unspecified atom stereocenters. The lowest BCUT2D eigenvalue weighted by Gasteiger charge is -2.02. The molecule has 0 aliphatic carbocycles. The molecule has 0 saturated heterocycles. The molecule has 1 aromatic carbocycles. The molecule has 1 N–H and O–H groups in total. The van der Waals surface area contributed by atoms with E-state index in [1.54, 1.807) is 6.21 Å². The molecular formula is C9H8N2O. The van der Waals surface area contributed by atoms with Gasteiger partial charge in [-0.3, -0.25) is 4.79 Å². The second-order valence-electron chi connectivity index (χ2n) is 2.64. The van der Waals surface area contributed by atoms with E-state index in [1.165, 1.54) is 0 Å². The number of benzene rings is 1. The molecule has 1 amide bonds. The van der Waals surface area contributed by atoms with Crippen LogP contribution in [0.1, 0.15) is 11.5 Å². The van der Waals surface area contributed by atoms with Gasteiger partial charge in [0.1, 0.15) is 5.92 Å². The van der Waals surface area contributed by atoms with E-state index in [9.17, 15) is 4.79 Å². The fourth-order valence-electron chi connectivity index (χ4n) is 1.21. The third-order valence-electron chi connectivity index (χ3n) is 1.84. The molecule has 1 aromatic rings. The number of rotatable bonds is 1. The third kappa shape index (κ3) is 1.09. The number of hydrazone groups is 1. The molecule has 3 heteroatoms. The zero-order valence-electron chi connectivity index (χ0n) is 6.40. The number of nitrogens with zero attached hydrogens (tertiary/aromatic N) is 1. The van der Waals surface area contributed by atoms with E-state index < -0.39 is 0 Å². The van der Waals surface area contributed by atoms with E-state index in [0.717, 1.165) is 5.56 Å². The number of amides is 1. The quantitative estimate of drug-likeness (QED) is 0.651. The third-order valence-corrected chi connectivity index (χ3v) is 1.84. The molecule has 0 radical (unpaired) electrons. The lowest BCUT2D eigenvalue weighted by Crippen LogP contribution is -2.17. The second-order valence-corrected chi connectivity index (χ2v) is 2.64. The minimum absolute atomic E-state index is 0.0544. The normalized spacial score (nSPS) is 21.0. The Morgan fingerprint density at radius 2 is 2.00 bits per heavy atom. The Labute approximate surface area is 70.1 Å². The first-order chi connectivity index (χ1) is 5.88. The summed E-state index contributed by atoms with van der Waals surface area (Å²) in [6.07, 6.45) is 1.62. The highest BCUT2D eigenvalue weighted by Gasteiger charge is 2.21. The molecule has 1 aliphatic rings. The summed E-state index contributed by atoms with van der Waals surface area (Å²) in [4.78, 5) is 11.1. The van der Waals surface area contributed by atoms with Crippen LogP contribution in [0.3, 0.4) is 0 Å². The van der Waals surface area contributed by atoms with E-state index in [2.05, 4.69) is 10.5 Å². The summed E-state index contributed by atoms with van der Waals surface area (Å²) in [5.74, 6) is -0.257. The average Bonchev–Trinajstić information content (AvgIpc) is 2.53. The summed E-state index contributed by atoms with van der Waals surface area (Å²) < 4.78 is 0. The molecule has 3 nitrogen and oxygen atoms in total. The molecule has 0 bridgehead atoms. The predicted molar refractivity (Wildman–Crippen MR) is 45.8 cm³/mol. The van der Waals surface area contributed by atoms with Gasteiger partial charge in [-0.25, -0.2) is 5.43 Å². The molecule has 2 rings (SSSR count). The van der Waals surface area contributed by atoms with Crippen molar-refractivity contribution in [3.8, 4) is 0 Å². The van der Waals surface area contributed by atoms with Gasteiger partial charge in [0.15, 0.2) is 0 Å². The van der Waals surface area contributed by atoms with Crippen LogP contribution in [0.4, 0.5) is 0 Å². The van der Waals surface area contributed by atoms with E-state index in [4.69, 9.17) is 0 Å². The molecule has 12 heavy (non-hydrogen) atoms. The molecule has 0 fully saturated rings. The number of hydrogen-bond donors (Lipinski definition) is 1. The molecule has 1 aliphatic heterocycles. The average molecular weight is 160 g/mol. The standard InChI is InChI=1S/C9H8N2O/c12-9-8(6-10-11-9)7-4-2-1-3-5-7/h1-6,8H,(H,11,12).